The van der Waals surface area contributed by atoms with Crippen molar-refractivity contribution in [2.24, 2.45) is 0 Å². The molecule has 5 nitrogen and oxygen atoms in total. The second-order valence-electron chi connectivity index (χ2n) is 6.82. The zero-order valence-electron chi connectivity index (χ0n) is 15.6. The Morgan fingerprint density at radius 3 is 2.48 bits per heavy atom. The smallest absolute Gasteiger partial charge is 0.320 e. The Morgan fingerprint density at radius 1 is 0.931 bits per heavy atom. The number of para-hydroxylation sites is 1. The normalized spacial score (nSPS) is 13.5. The lowest BCUT2D eigenvalue weighted by Gasteiger charge is -2.25. The molecule has 0 bridgehead atoms. The summed E-state index contributed by atoms with van der Waals surface area (Å²) in [5.74, 6) is -0.148. The third-order valence-electron chi connectivity index (χ3n) is 4.89. The predicted molar refractivity (Wildman–Crippen MR) is 118 cm³/mol. The standard InChI is InChI=1S/C23H20BrN3O2/c24-18-10-6-11-19(15-18)25-23(29)26-21(17-8-2-1-3-9-17)22(28)27-14-13-16-7-4-5-12-20(16)27/h1-12,15,21H,13-14H2,(H2,25,26,29). The van der Waals surface area contributed by atoms with Gasteiger partial charge in [0.25, 0.3) is 5.91 Å². The van der Waals surface area contributed by atoms with E-state index in [1.807, 2.05) is 66.7 Å². The molecule has 6 heteroatoms. The van der Waals surface area contributed by atoms with E-state index in [1.165, 1.54) is 0 Å². The van der Waals surface area contributed by atoms with E-state index in [1.54, 1.807) is 17.0 Å². The van der Waals surface area contributed by atoms with Crippen molar-refractivity contribution in [1.29, 1.82) is 0 Å². The number of benzene rings is 3. The molecule has 0 aliphatic carbocycles. The maximum atomic E-state index is 13.4. The summed E-state index contributed by atoms with van der Waals surface area (Å²) in [4.78, 5) is 27.8. The summed E-state index contributed by atoms with van der Waals surface area (Å²) >= 11 is 3.39. The lowest BCUT2D eigenvalue weighted by Crippen LogP contribution is -2.43. The Morgan fingerprint density at radius 2 is 1.69 bits per heavy atom. The van der Waals surface area contributed by atoms with Gasteiger partial charge in [-0.25, -0.2) is 4.79 Å². The molecule has 1 aliphatic rings. The first kappa shape index (κ1) is 19.2. The van der Waals surface area contributed by atoms with Crippen LogP contribution in [0, 0.1) is 0 Å². The van der Waals surface area contributed by atoms with Crippen LogP contribution in [0.25, 0.3) is 0 Å². The fraction of sp³-hybridized carbons (Fsp3) is 0.130. The van der Waals surface area contributed by atoms with Crippen LogP contribution < -0.4 is 15.5 Å². The molecule has 1 unspecified atom stereocenters. The van der Waals surface area contributed by atoms with Crippen molar-refractivity contribution in [2.75, 3.05) is 16.8 Å². The molecule has 4 rings (SSSR count). The van der Waals surface area contributed by atoms with Gasteiger partial charge in [0.05, 0.1) is 0 Å². The first-order chi connectivity index (χ1) is 14.1. The Kier molecular flexibility index (Phi) is 5.62. The lowest BCUT2D eigenvalue weighted by molar-refractivity contribution is -0.120. The second-order valence-corrected chi connectivity index (χ2v) is 7.74. The number of fused-ring (bicyclic) bond motifs is 1. The number of carbonyl (C=O) groups is 2. The zero-order valence-corrected chi connectivity index (χ0v) is 17.2. The monoisotopic (exact) mass is 449 g/mol. The Bertz CT molecular complexity index is 1040. The number of anilines is 2. The van der Waals surface area contributed by atoms with Crippen LogP contribution in [0.15, 0.2) is 83.3 Å². The van der Waals surface area contributed by atoms with Crippen LogP contribution in [0.2, 0.25) is 0 Å². The molecule has 0 spiro atoms. The average Bonchev–Trinajstić information content (AvgIpc) is 3.16. The molecule has 3 amide bonds. The molecule has 3 aromatic rings. The maximum Gasteiger partial charge on any atom is 0.320 e. The van der Waals surface area contributed by atoms with Gasteiger partial charge in [0.15, 0.2) is 0 Å². The number of amides is 3. The highest BCUT2D eigenvalue weighted by Crippen LogP contribution is 2.30. The number of nitrogens with one attached hydrogen (secondary N) is 2. The van der Waals surface area contributed by atoms with Crippen LogP contribution in [-0.4, -0.2) is 18.5 Å². The number of halogens is 1. The lowest BCUT2D eigenvalue weighted by atomic mass is 10.1. The third kappa shape index (κ3) is 4.32. The van der Waals surface area contributed by atoms with Crippen molar-refractivity contribution in [3.63, 3.8) is 0 Å². The summed E-state index contributed by atoms with van der Waals surface area (Å²) in [7, 11) is 0. The minimum Gasteiger partial charge on any atom is -0.322 e. The summed E-state index contributed by atoms with van der Waals surface area (Å²) in [6.07, 6.45) is 0.813. The number of nitrogens with zero attached hydrogens (tertiary/aromatic N) is 1. The zero-order chi connectivity index (χ0) is 20.2. The molecule has 2 N–H and O–H groups in total. The van der Waals surface area contributed by atoms with E-state index in [9.17, 15) is 9.59 Å². The van der Waals surface area contributed by atoms with Crippen molar-refractivity contribution in [2.45, 2.75) is 12.5 Å². The molecular formula is C23H20BrN3O2. The Labute approximate surface area is 177 Å². The number of rotatable bonds is 4. The van der Waals surface area contributed by atoms with Crippen molar-refractivity contribution in [3.05, 3.63) is 94.5 Å². The summed E-state index contributed by atoms with van der Waals surface area (Å²) in [5.41, 5.74) is 3.44. The highest BCUT2D eigenvalue weighted by molar-refractivity contribution is 9.10. The van der Waals surface area contributed by atoms with Crippen molar-refractivity contribution in [3.8, 4) is 0 Å². The molecule has 146 valence electrons. The van der Waals surface area contributed by atoms with Gasteiger partial charge < -0.3 is 15.5 Å². The summed E-state index contributed by atoms with van der Waals surface area (Å²) in [6, 6.07) is 23.3. The summed E-state index contributed by atoms with van der Waals surface area (Å²) in [5, 5.41) is 5.65. The van der Waals surface area contributed by atoms with Crippen LogP contribution in [0.1, 0.15) is 17.2 Å². The first-order valence-corrected chi connectivity index (χ1v) is 10.2. The highest BCUT2D eigenvalue weighted by Gasteiger charge is 2.32. The highest BCUT2D eigenvalue weighted by atomic mass is 79.9. The minimum atomic E-state index is -0.783. The summed E-state index contributed by atoms with van der Waals surface area (Å²) < 4.78 is 0.861. The number of hydrogen-bond acceptors (Lipinski definition) is 2. The van der Waals surface area contributed by atoms with Gasteiger partial charge >= 0.3 is 6.03 Å². The molecule has 3 aromatic carbocycles. The molecule has 1 atom stereocenters. The summed E-state index contributed by atoms with van der Waals surface area (Å²) in [6.45, 7) is 0.608. The average molecular weight is 450 g/mol. The minimum absolute atomic E-state index is 0.148. The van der Waals surface area contributed by atoms with Crippen molar-refractivity contribution >= 4 is 39.2 Å². The van der Waals surface area contributed by atoms with Gasteiger partial charge in [-0.2, -0.15) is 0 Å². The van der Waals surface area contributed by atoms with Gasteiger partial charge in [-0.3, -0.25) is 4.79 Å². The topological polar surface area (TPSA) is 61.4 Å². The van der Waals surface area contributed by atoms with E-state index >= 15 is 0 Å². The van der Waals surface area contributed by atoms with Crippen LogP contribution in [0.5, 0.6) is 0 Å². The number of carbonyl (C=O) groups excluding carboxylic acids is 2. The molecule has 1 aliphatic heterocycles. The SMILES string of the molecule is O=C(Nc1cccc(Br)c1)NC(C(=O)N1CCc2ccccc21)c1ccccc1. The molecule has 0 fully saturated rings. The predicted octanol–water partition coefficient (Wildman–Crippen LogP) is 4.90. The quantitative estimate of drug-likeness (QED) is 0.594. The fourth-order valence-corrected chi connectivity index (χ4v) is 3.92. The maximum absolute atomic E-state index is 13.4. The molecule has 29 heavy (non-hydrogen) atoms. The molecule has 0 aromatic heterocycles. The molecule has 0 saturated heterocycles. The Balaban J connectivity index is 1.57. The molecule has 0 saturated carbocycles. The fourth-order valence-electron chi connectivity index (χ4n) is 3.52. The van der Waals surface area contributed by atoms with Gasteiger partial charge in [0.2, 0.25) is 0 Å². The van der Waals surface area contributed by atoms with E-state index in [4.69, 9.17) is 0 Å². The van der Waals surface area contributed by atoms with E-state index in [-0.39, 0.29) is 5.91 Å². The van der Waals surface area contributed by atoms with E-state index in [0.717, 1.165) is 27.7 Å². The van der Waals surface area contributed by atoms with Crippen LogP contribution in [0.3, 0.4) is 0 Å². The van der Waals surface area contributed by atoms with Crippen LogP contribution in [-0.2, 0) is 11.2 Å². The Hall–Kier alpha value is -3.12. The third-order valence-corrected chi connectivity index (χ3v) is 5.38. The van der Waals surface area contributed by atoms with Crippen molar-refractivity contribution in [1.82, 2.24) is 5.32 Å². The molecule has 1 heterocycles. The first-order valence-electron chi connectivity index (χ1n) is 9.39. The molecule has 0 radical (unpaired) electrons. The van der Waals surface area contributed by atoms with Crippen LogP contribution in [0.4, 0.5) is 16.2 Å². The number of urea groups is 1. The van der Waals surface area contributed by atoms with Crippen molar-refractivity contribution < 1.29 is 9.59 Å². The van der Waals surface area contributed by atoms with Gasteiger partial charge in [0.1, 0.15) is 6.04 Å². The largest absolute Gasteiger partial charge is 0.322 e. The van der Waals surface area contributed by atoms with Gasteiger partial charge in [-0.05, 0) is 41.8 Å². The molecular weight excluding hydrogens is 430 g/mol. The van der Waals surface area contributed by atoms with Crippen LogP contribution >= 0.6 is 15.9 Å². The van der Waals surface area contributed by atoms with Gasteiger partial charge in [-0.15, -0.1) is 0 Å². The van der Waals surface area contributed by atoms with Gasteiger partial charge in [0, 0.05) is 22.4 Å². The van der Waals surface area contributed by atoms with E-state index in [2.05, 4.69) is 26.6 Å². The van der Waals surface area contributed by atoms with E-state index < -0.39 is 12.1 Å². The second kappa shape index (κ2) is 8.49. The number of hydrogen-bond donors (Lipinski definition) is 2. The van der Waals surface area contributed by atoms with E-state index in [0.29, 0.717) is 12.2 Å². The van der Waals surface area contributed by atoms with Gasteiger partial charge in [-0.1, -0.05) is 70.5 Å².